The summed E-state index contributed by atoms with van der Waals surface area (Å²) in [6.45, 7) is 1.04. The third-order valence-electron chi connectivity index (χ3n) is 2.98. The summed E-state index contributed by atoms with van der Waals surface area (Å²) in [5.41, 5.74) is 0.496. The van der Waals surface area contributed by atoms with E-state index in [4.69, 9.17) is 11.6 Å². The summed E-state index contributed by atoms with van der Waals surface area (Å²) in [4.78, 5) is 17.8. The molecule has 16 heavy (non-hydrogen) atoms. The maximum absolute atomic E-state index is 11.3. The van der Waals surface area contributed by atoms with Crippen molar-refractivity contribution >= 4 is 33.9 Å². The quantitative estimate of drug-likeness (QED) is 0.602. The second-order valence-electron chi connectivity index (χ2n) is 4.25. The molecule has 1 saturated carbocycles. The number of aromatic nitrogens is 1. The van der Waals surface area contributed by atoms with Gasteiger partial charge in [-0.3, -0.25) is 4.79 Å². The van der Waals surface area contributed by atoms with Gasteiger partial charge in [-0.25, -0.2) is 4.98 Å². The summed E-state index contributed by atoms with van der Waals surface area (Å²) < 4.78 is 0. The van der Waals surface area contributed by atoms with Gasteiger partial charge in [-0.2, -0.15) is 0 Å². The second-order valence-corrected chi connectivity index (χ2v) is 5.35. The molecule has 0 aromatic carbocycles. The predicted octanol–water partition coefficient (Wildman–Crippen LogP) is 2.80. The van der Waals surface area contributed by atoms with Crippen LogP contribution in [-0.2, 0) is 0 Å². The minimum atomic E-state index is -0.0961. The summed E-state index contributed by atoms with van der Waals surface area (Å²) in [5, 5.41) is 2.71. The SMILES string of the molecule is CN(CC1CCC1)c1nc(C(=O)CCl)cs1. The van der Waals surface area contributed by atoms with E-state index < -0.39 is 0 Å². The van der Waals surface area contributed by atoms with Gasteiger partial charge in [-0.1, -0.05) is 6.42 Å². The molecular weight excluding hydrogens is 244 g/mol. The van der Waals surface area contributed by atoms with Gasteiger partial charge in [0.2, 0.25) is 0 Å². The predicted molar refractivity (Wildman–Crippen MR) is 67.8 cm³/mol. The number of thiazole rings is 1. The Morgan fingerprint density at radius 3 is 3.00 bits per heavy atom. The fourth-order valence-corrected chi connectivity index (χ4v) is 2.72. The number of anilines is 1. The molecule has 0 unspecified atom stereocenters. The van der Waals surface area contributed by atoms with E-state index >= 15 is 0 Å². The molecule has 0 spiro atoms. The van der Waals surface area contributed by atoms with E-state index in [1.807, 2.05) is 7.05 Å². The lowest BCUT2D eigenvalue weighted by molar-refractivity contribution is 0.101. The second kappa shape index (κ2) is 5.15. The van der Waals surface area contributed by atoms with Crippen LogP contribution < -0.4 is 4.90 Å². The first kappa shape index (κ1) is 11.9. The van der Waals surface area contributed by atoms with Gasteiger partial charge in [-0.15, -0.1) is 22.9 Å². The van der Waals surface area contributed by atoms with E-state index in [1.54, 1.807) is 5.38 Å². The minimum Gasteiger partial charge on any atom is -0.351 e. The van der Waals surface area contributed by atoms with Crippen molar-refractivity contribution in [2.75, 3.05) is 24.4 Å². The van der Waals surface area contributed by atoms with Crippen molar-refractivity contribution in [2.24, 2.45) is 5.92 Å². The van der Waals surface area contributed by atoms with Gasteiger partial charge in [0.05, 0.1) is 5.88 Å². The topological polar surface area (TPSA) is 33.2 Å². The van der Waals surface area contributed by atoms with Crippen molar-refractivity contribution in [1.82, 2.24) is 4.98 Å². The van der Waals surface area contributed by atoms with Crippen LogP contribution in [0.2, 0.25) is 0 Å². The number of nitrogens with zero attached hydrogens (tertiary/aromatic N) is 2. The number of hydrogen-bond acceptors (Lipinski definition) is 4. The Morgan fingerprint density at radius 2 is 2.44 bits per heavy atom. The van der Waals surface area contributed by atoms with Gasteiger partial charge in [0, 0.05) is 19.0 Å². The van der Waals surface area contributed by atoms with Gasteiger partial charge in [0.15, 0.2) is 10.9 Å². The molecule has 1 aliphatic carbocycles. The molecule has 1 aromatic rings. The van der Waals surface area contributed by atoms with Crippen molar-refractivity contribution in [3.05, 3.63) is 11.1 Å². The number of rotatable bonds is 5. The molecule has 0 bridgehead atoms. The van der Waals surface area contributed by atoms with E-state index in [0.717, 1.165) is 17.6 Å². The monoisotopic (exact) mass is 258 g/mol. The van der Waals surface area contributed by atoms with E-state index in [9.17, 15) is 4.79 Å². The Labute approximate surface area is 104 Å². The molecule has 0 radical (unpaired) electrons. The molecule has 0 amide bonds. The summed E-state index contributed by atoms with van der Waals surface area (Å²) in [5.74, 6) is 0.720. The minimum absolute atomic E-state index is 0.00944. The zero-order chi connectivity index (χ0) is 11.5. The first-order valence-corrected chi connectivity index (χ1v) is 6.88. The number of carbonyl (C=O) groups excluding carboxylic acids is 1. The third kappa shape index (κ3) is 2.55. The van der Waals surface area contributed by atoms with Crippen molar-refractivity contribution in [3.8, 4) is 0 Å². The van der Waals surface area contributed by atoms with Gasteiger partial charge in [0.1, 0.15) is 5.69 Å². The first-order valence-electron chi connectivity index (χ1n) is 5.46. The molecule has 1 heterocycles. The van der Waals surface area contributed by atoms with Gasteiger partial charge in [-0.05, 0) is 18.8 Å². The Kier molecular flexibility index (Phi) is 3.82. The van der Waals surface area contributed by atoms with Crippen molar-refractivity contribution in [3.63, 3.8) is 0 Å². The lowest BCUT2D eigenvalue weighted by Gasteiger charge is -2.29. The van der Waals surface area contributed by atoms with Crippen molar-refractivity contribution in [1.29, 1.82) is 0 Å². The van der Waals surface area contributed by atoms with Crippen LogP contribution in [0.4, 0.5) is 5.13 Å². The maximum atomic E-state index is 11.3. The zero-order valence-corrected chi connectivity index (χ0v) is 10.9. The summed E-state index contributed by atoms with van der Waals surface area (Å²) >= 11 is 7.01. The normalized spacial score (nSPS) is 15.9. The van der Waals surface area contributed by atoms with Gasteiger partial charge >= 0.3 is 0 Å². The van der Waals surface area contributed by atoms with Crippen LogP contribution in [0.15, 0.2) is 5.38 Å². The third-order valence-corrected chi connectivity index (χ3v) is 4.18. The Balaban J connectivity index is 1.97. The zero-order valence-electron chi connectivity index (χ0n) is 9.28. The van der Waals surface area contributed by atoms with Crippen LogP contribution in [0, 0.1) is 5.92 Å². The molecule has 0 aliphatic heterocycles. The largest absolute Gasteiger partial charge is 0.351 e. The molecule has 1 aliphatic rings. The van der Waals surface area contributed by atoms with Gasteiger partial charge in [0.25, 0.3) is 0 Å². The van der Waals surface area contributed by atoms with E-state index in [0.29, 0.717) is 5.69 Å². The maximum Gasteiger partial charge on any atom is 0.196 e. The average Bonchev–Trinajstić information content (AvgIpc) is 2.71. The van der Waals surface area contributed by atoms with Crippen molar-refractivity contribution in [2.45, 2.75) is 19.3 Å². The number of hydrogen-bond donors (Lipinski definition) is 0. The number of halogens is 1. The first-order chi connectivity index (χ1) is 7.70. The molecule has 3 nitrogen and oxygen atoms in total. The molecule has 0 N–H and O–H groups in total. The lowest BCUT2D eigenvalue weighted by Crippen LogP contribution is -2.29. The van der Waals surface area contributed by atoms with E-state index in [2.05, 4.69) is 9.88 Å². The number of Topliss-reactive ketones (excluding diaryl/α,β-unsaturated/α-hetero) is 1. The highest BCUT2D eigenvalue weighted by Crippen LogP contribution is 2.29. The van der Waals surface area contributed by atoms with Crippen LogP contribution in [0.1, 0.15) is 29.8 Å². The molecule has 2 rings (SSSR count). The molecule has 5 heteroatoms. The molecule has 0 saturated heterocycles. The molecular formula is C11H15ClN2OS. The highest BCUT2D eigenvalue weighted by atomic mass is 35.5. The Bertz CT molecular complexity index is 376. The number of carbonyl (C=O) groups is 1. The van der Waals surface area contributed by atoms with Crippen LogP contribution in [0.25, 0.3) is 0 Å². The number of ketones is 1. The fraction of sp³-hybridized carbons (Fsp3) is 0.636. The summed E-state index contributed by atoms with van der Waals surface area (Å²) in [6, 6.07) is 0. The molecule has 1 fully saturated rings. The van der Waals surface area contributed by atoms with Crippen molar-refractivity contribution < 1.29 is 4.79 Å². The summed E-state index contributed by atoms with van der Waals surface area (Å²) in [6.07, 6.45) is 4.00. The Morgan fingerprint density at radius 1 is 1.69 bits per heavy atom. The molecule has 0 atom stereocenters. The molecule has 88 valence electrons. The fourth-order valence-electron chi connectivity index (χ4n) is 1.78. The Hall–Kier alpha value is -0.610. The standard InChI is InChI=1S/C11H15ClN2OS/c1-14(6-8-3-2-4-8)11-13-9(7-16-11)10(15)5-12/h7-8H,2-6H2,1H3. The smallest absolute Gasteiger partial charge is 0.196 e. The van der Waals surface area contributed by atoms with Crippen LogP contribution in [-0.4, -0.2) is 30.2 Å². The highest BCUT2D eigenvalue weighted by Gasteiger charge is 2.20. The van der Waals surface area contributed by atoms with Crippen LogP contribution in [0.5, 0.6) is 0 Å². The summed E-state index contributed by atoms with van der Waals surface area (Å²) in [7, 11) is 2.03. The van der Waals surface area contributed by atoms with Crippen LogP contribution in [0.3, 0.4) is 0 Å². The van der Waals surface area contributed by atoms with Crippen LogP contribution >= 0.6 is 22.9 Å². The lowest BCUT2D eigenvalue weighted by atomic mass is 9.85. The average molecular weight is 259 g/mol. The molecule has 1 aromatic heterocycles. The van der Waals surface area contributed by atoms with E-state index in [-0.39, 0.29) is 11.7 Å². The van der Waals surface area contributed by atoms with Gasteiger partial charge < -0.3 is 4.90 Å². The highest BCUT2D eigenvalue weighted by molar-refractivity contribution is 7.13. The number of alkyl halides is 1. The van der Waals surface area contributed by atoms with E-state index in [1.165, 1.54) is 30.6 Å².